The van der Waals surface area contributed by atoms with Crippen molar-refractivity contribution in [2.24, 2.45) is 5.92 Å². The third kappa shape index (κ3) is 3.79. The van der Waals surface area contributed by atoms with Crippen molar-refractivity contribution in [1.82, 2.24) is 0 Å². The van der Waals surface area contributed by atoms with Crippen LogP contribution in [0.25, 0.3) is 0 Å². The monoisotopic (exact) mass is 277 g/mol. The second-order valence-electron chi connectivity index (χ2n) is 6.24. The van der Waals surface area contributed by atoms with Crippen molar-refractivity contribution in [3.05, 3.63) is 39.9 Å². The number of nitrogens with zero attached hydrogens (tertiary/aromatic N) is 1. The van der Waals surface area contributed by atoms with Crippen LogP contribution in [0.3, 0.4) is 0 Å². The van der Waals surface area contributed by atoms with E-state index in [4.69, 9.17) is 4.74 Å². The number of benzene rings is 1. The Balaban J connectivity index is 1.88. The zero-order chi connectivity index (χ0) is 14.9. The van der Waals surface area contributed by atoms with Gasteiger partial charge in [-0.2, -0.15) is 0 Å². The molecule has 2 rings (SSSR count). The number of ether oxygens (including phenoxy) is 1. The lowest BCUT2D eigenvalue weighted by molar-refractivity contribution is -0.384. The van der Waals surface area contributed by atoms with Crippen molar-refractivity contribution in [3.63, 3.8) is 0 Å². The van der Waals surface area contributed by atoms with Crippen LogP contribution in [0.2, 0.25) is 0 Å². The van der Waals surface area contributed by atoms with E-state index in [2.05, 4.69) is 0 Å². The number of rotatable bonds is 4. The van der Waals surface area contributed by atoms with Gasteiger partial charge in [0.2, 0.25) is 0 Å². The van der Waals surface area contributed by atoms with E-state index in [9.17, 15) is 14.9 Å². The summed E-state index contributed by atoms with van der Waals surface area (Å²) in [6.07, 6.45) is 1.36. The summed E-state index contributed by atoms with van der Waals surface area (Å²) in [4.78, 5) is 21.9. The molecule has 108 valence electrons. The molecule has 20 heavy (non-hydrogen) atoms. The molecule has 0 amide bonds. The summed E-state index contributed by atoms with van der Waals surface area (Å²) in [5.41, 5.74) is 0.705. The van der Waals surface area contributed by atoms with Gasteiger partial charge in [-0.1, -0.05) is 12.1 Å². The zero-order valence-electron chi connectivity index (χ0n) is 12.0. The lowest BCUT2D eigenvalue weighted by atomic mass is 10.1. The predicted molar refractivity (Wildman–Crippen MR) is 74.4 cm³/mol. The molecule has 2 atom stereocenters. The highest BCUT2D eigenvalue weighted by atomic mass is 16.6. The minimum absolute atomic E-state index is 0.0955. The highest BCUT2D eigenvalue weighted by Crippen LogP contribution is 2.49. The zero-order valence-corrected chi connectivity index (χ0v) is 12.0. The summed E-state index contributed by atoms with van der Waals surface area (Å²) in [6.45, 7) is 5.56. The molecule has 0 saturated heterocycles. The Kier molecular flexibility index (Phi) is 3.79. The summed E-state index contributed by atoms with van der Waals surface area (Å²) < 4.78 is 5.30. The molecule has 1 saturated carbocycles. The van der Waals surface area contributed by atoms with Crippen LogP contribution in [-0.2, 0) is 9.53 Å². The molecule has 0 bridgehead atoms. The van der Waals surface area contributed by atoms with Crippen molar-refractivity contribution in [3.8, 4) is 0 Å². The van der Waals surface area contributed by atoms with Crippen LogP contribution in [0.1, 0.15) is 45.1 Å². The Hall–Kier alpha value is -1.91. The van der Waals surface area contributed by atoms with Crippen molar-refractivity contribution in [1.29, 1.82) is 0 Å². The summed E-state index contributed by atoms with van der Waals surface area (Å²) in [5, 5.41) is 10.6. The van der Waals surface area contributed by atoms with E-state index in [0.717, 1.165) is 12.0 Å². The van der Waals surface area contributed by atoms with Gasteiger partial charge in [0.1, 0.15) is 5.60 Å². The molecular weight excluding hydrogens is 258 g/mol. The number of nitro groups is 1. The van der Waals surface area contributed by atoms with Gasteiger partial charge in [-0.3, -0.25) is 14.9 Å². The van der Waals surface area contributed by atoms with Crippen molar-refractivity contribution < 1.29 is 14.5 Å². The maximum Gasteiger partial charge on any atom is 0.306 e. The summed E-state index contributed by atoms with van der Waals surface area (Å²) >= 11 is 0. The number of carbonyl (C=O) groups excluding carboxylic acids is 1. The Morgan fingerprint density at radius 2 is 1.95 bits per heavy atom. The smallest absolute Gasteiger partial charge is 0.306 e. The van der Waals surface area contributed by atoms with Crippen molar-refractivity contribution in [2.75, 3.05) is 0 Å². The molecule has 2 unspecified atom stereocenters. The SMILES string of the molecule is CC(C)(C)OC(=O)CC1CC1c1ccc([N+](=O)[O-])cc1. The average Bonchev–Trinajstić information content (AvgIpc) is 3.05. The molecule has 0 N–H and O–H groups in total. The Morgan fingerprint density at radius 3 is 2.45 bits per heavy atom. The second kappa shape index (κ2) is 5.23. The molecule has 0 aromatic heterocycles. The fraction of sp³-hybridized carbons (Fsp3) is 0.533. The standard InChI is InChI=1S/C15H19NO4/c1-15(2,3)20-14(17)9-11-8-13(11)10-4-6-12(7-5-10)16(18)19/h4-7,11,13H,8-9H2,1-3H3. The number of non-ortho nitro benzene ring substituents is 1. The minimum Gasteiger partial charge on any atom is -0.460 e. The number of esters is 1. The fourth-order valence-corrected chi connectivity index (χ4v) is 2.32. The highest BCUT2D eigenvalue weighted by Gasteiger charge is 2.40. The maximum atomic E-state index is 11.7. The average molecular weight is 277 g/mol. The largest absolute Gasteiger partial charge is 0.460 e. The van der Waals surface area contributed by atoms with Gasteiger partial charge < -0.3 is 4.74 Å². The fourth-order valence-electron chi connectivity index (χ4n) is 2.32. The molecule has 1 aromatic rings. The van der Waals surface area contributed by atoms with Crippen LogP contribution < -0.4 is 0 Å². The first-order valence-electron chi connectivity index (χ1n) is 6.72. The Bertz CT molecular complexity index is 516. The molecule has 1 aliphatic carbocycles. The first-order chi connectivity index (χ1) is 9.26. The van der Waals surface area contributed by atoms with Gasteiger partial charge in [-0.25, -0.2) is 0 Å². The van der Waals surface area contributed by atoms with E-state index in [1.54, 1.807) is 12.1 Å². The molecule has 5 heteroatoms. The molecule has 1 fully saturated rings. The van der Waals surface area contributed by atoms with E-state index in [1.807, 2.05) is 20.8 Å². The lowest BCUT2D eigenvalue weighted by Gasteiger charge is -2.19. The summed E-state index contributed by atoms with van der Waals surface area (Å²) in [5.74, 6) is 0.446. The van der Waals surface area contributed by atoms with Crippen LogP contribution in [-0.4, -0.2) is 16.5 Å². The first-order valence-corrected chi connectivity index (χ1v) is 6.72. The molecular formula is C15H19NO4. The number of nitro benzene ring substituents is 1. The Labute approximate surface area is 118 Å². The van der Waals surface area contributed by atoms with Gasteiger partial charge in [-0.05, 0) is 44.6 Å². The first kappa shape index (κ1) is 14.5. The van der Waals surface area contributed by atoms with Crippen LogP contribution in [0.4, 0.5) is 5.69 Å². The minimum atomic E-state index is -0.450. The molecule has 0 radical (unpaired) electrons. The van der Waals surface area contributed by atoms with E-state index < -0.39 is 10.5 Å². The molecule has 5 nitrogen and oxygen atoms in total. The lowest BCUT2D eigenvalue weighted by Crippen LogP contribution is -2.24. The van der Waals surface area contributed by atoms with Crippen molar-refractivity contribution >= 4 is 11.7 Å². The third-order valence-corrected chi connectivity index (χ3v) is 3.30. The van der Waals surface area contributed by atoms with Gasteiger partial charge in [0.05, 0.1) is 4.92 Å². The molecule has 0 spiro atoms. The highest BCUT2D eigenvalue weighted by molar-refractivity contribution is 5.71. The van der Waals surface area contributed by atoms with Gasteiger partial charge >= 0.3 is 5.97 Å². The Morgan fingerprint density at radius 1 is 1.35 bits per heavy atom. The topological polar surface area (TPSA) is 69.4 Å². The van der Waals surface area contributed by atoms with E-state index in [1.165, 1.54) is 12.1 Å². The van der Waals surface area contributed by atoms with Gasteiger partial charge in [0.15, 0.2) is 0 Å². The normalized spacial score (nSPS) is 21.4. The van der Waals surface area contributed by atoms with Gasteiger partial charge in [0, 0.05) is 18.6 Å². The van der Waals surface area contributed by atoms with Gasteiger partial charge in [0.25, 0.3) is 5.69 Å². The van der Waals surface area contributed by atoms with Crippen molar-refractivity contribution in [2.45, 2.75) is 45.1 Å². The summed E-state index contributed by atoms with van der Waals surface area (Å²) in [7, 11) is 0. The van der Waals surface area contributed by atoms with E-state index >= 15 is 0 Å². The third-order valence-electron chi connectivity index (χ3n) is 3.30. The van der Waals surface area contributed by atoms with Crippen LogP contribution in [0, 0.1) is 16.0 Å². The number of hydrogen-bond acceptors (Lipinski definition) is 4. The van der Waals surface area contributed by atoms with E-state index in [0.29, 0.717) is 18.3 Å². The number of carbonyl (C=O) groups is 1. The second-order valence-corrected chi connectivity index (χ2v) is 6.24. The van der Waals surface area contributed by atoms with Crippen LogP contribution in [0.5, 0.6) is 0 Å². The predicted octanol–water partition coefficient (Wildman–Crippen LogP) is 3.43. The van der Waals surface area contributed by atoms with E-state index in [-0.39, 0.29) is 11.7 Å². The molecule has 0 aliphatic heterocycles. The van der Waals surface area contributed by atoms with Gasteiger partial charge in [-0.15, -0.1) is 0 Å². The molecule has 1 aromatic carbocycles. The number of hydrogen-bond donors (Lipinski definition) is 0. The maximum absolute atomic E-state index is 11.7. The van der Waals surface area contributed by atoms with Crippen LogP contribution in [0.15, 0.2) is 24.3 Å². The summed E-state index contributed by atoms with van der Waals surface area (Å²) in [6, 6.07) is 6.58. The van der Waals surface area contributed by atoms with Crippen LogP contribution >= 0.6 is 0 Å². The molecule has 1 aliphatic rings. The molecule has 0 heterocycles. The quantitative estimate of drug-likeness (QED) is 0.480.